The molecule has 0 unspecified atom stereocenters. The zero-order chi connectivity index (χ0) is 11.1. The summed E-state index contributed by atoms with van der Waals surface area (Å²) in [5.74, 6) is -0.302. The topological polar surface area (TPSA) is 29.5 Å². The van der Waals surface area contributed by atoms with Crippen molar-refractivity contribution in [3.8, 4) is 5.75 Å². The molecular formula is C11H12ClFO2. The molecule has 0 bridgehead atoms. The molecule has 82 valence electrons. The highest BCUT2D eigenvalue weighted by Crippen LogP contribution is 2.41. The second-order valence-corrected chi connectivity index (χ2v) is 4.42. The van der Waals surface area contributed by atoms with Crippen molar-refractivity contribution in [1.29, 1.82) is 0 Å². The lowest BCUT2D eigenvalue weighted by molar-refractivity contribution is 0.149. The lowest BCUT2D eigenvalue weighted by Gasteiger charge is -2.13. The van der Waals surface area contributed by atoms with Crippen molar-refractivity contribution in [2.75, 3.05) is 7.11 Å². The Morgan fingerprint density at radius 1 is 1.53 bits per heavy atom. The Morgan fingerprint density at radius 2 is 2.20 bits per heavy atom. The third-order valence-electron chi connectivity index (χ3n) is 2.64. The summed E-state index contributed by atoms with van der Waals surface area (Å²) in [4.78, 5) is 0. The fraction of sp³-hybridized carbons (Fsp3) is 0.455. The quantitative estimate of drug-likeness (QED) is 0.865. The molecule has 1 aromatic rings. The van der Waals surface area contributed by atoms with Crippen LogP contribution in [0.3, 0.4) is 0 Å². The maximum atomic E-state index is 13.4. The molecule has 0 aromatic heterocycles. The second-order valence-electron chi connectivity index (χ2n) is 3.98. The van der Waals surface area contributed by atoms with E-state index >= 15 is 0 Å². The molecule has 4 heteroatoms. The number of hydrogen-bond acceptors (Lipinski definition) is 2. The highest BCUT2D eigenvalue weighted by Gasteiger charge is 2.41. The predicted octanol–water partition coefficient (Wildman–Crippen LogP) is 2.56. The fourth-order valence-corrected chi connectivity index (χ4v) is 1.88. The molecular weight excluding hydrogens is 219 g/mol. The standard InChI is InChI=1S/C11H12ClFO2/c1-15-10-7(6-11(14)2-3-11)4-8(12)5-9(10)13/h4-5,14H,2-3,6H2,1H3. The van der Waals surface area contributed by atoms with Crippen molar-refractivity contribution in [1.82, 2.24) is 0 Å². The Hall–Kier alpha value is -0.800. The number of rotatable bonds is 3. The number of ether oxygens (including phenoxy) is 1. The zero-order valence-electron chi connectivity index (χ0n) is 8.39. The lowest BCUT2D eigenvalue weighted by Crippen LogP contribution is -2.12. The van der Waals surface area contributed by atoms with Gasteiger partial charge >= 0.3 is 0 Å². The van der Waals surface area contributed by atoms with Crippen LogP contribution in [0.1, 0.15) is 18.4 Å². The minimum absolute atomic E-state index is 0.180. The van der Waals surface area contributed by atoms with Gasteiger partial charge in [-0.15, -0.1) is 0 Å². The van der Waals surface area contributed by atoms with Gasteiger partial charge in [-0.25, -0.2) is 4.39 Å². The molecule has 1 aromatic carbocycles. The summed E-state index contributed by atoms with van der Waals surface area (Å²) in [7, 11) is 1.41. The first-order valence-electron chi connectivity index (χ1n) is 4.78. The molecule has 0 heterocycles. The van der Waals surface area contributed by atoms with Crippen LogP contribution in [0.4, 0.5) is 4.39 Å². The molecule has 1 aliphatic carbocycles. The highest BCUT2D eigenvalue weighted by atomic mass is 35.5. The summed E-state index contributed by atoms with van der Waals surface area (Å²) in [6.07, 6.45) is 1.90. The molecule has 0 aliphatic heterocycles. The number of halogens is 2. The van der Waals surface area contributed by atoms with Crippen molar-refractivity contribution in [3.05, 3.63) is 28.5 Å². The van der Waals surface area contributed by atoms with Crippen molar-refractivity contribution in [3.63, 3.8) is 0 Å². The number of aliphatic hydroxyl groups is 1. The summed E-state index contributed by atoms with van der Waals surface area (Å²) < 4.78 is 18.4. The molecule has 2 nitrogen and oxygen atoms in total. The summed E-state index contributed by atoms with van der Waals surface area (Å²) in [6.45, 7) is 0. The SMILES string of the molecule is COc1c(F)cc(Cl)cc1CC1(O)CC1. The van der Waals surface area contributed by atoms with Crippen LogP contribution in [0.2, 0.25) is 5.02 Å². The number of methoxy groups -OCH3 is 1. The first-order chi connectivity index (χ1) is 7.04. The molecule has 0 spiro atoms. The molecule has 2 rings (SSSR count). The van der Waals surface area contributed by atoms with E-state index in [-0.39, 0.29) is 5.75 Å². The second kappa shape index (κ2) is 3.65. The average Bonchev–Trinajstić information content (AvgIpc) is 2.82. The molecule has 0 atom stereocenters. The Kier molecular flexibility index (Phi) is 2.61. The zero-order valence-corrected chi connectivity index (χ0v) is 9.14. The van der Waals surface area contributed by atoms with Gasteiger partial charge in [-0.1, -0.05) is 11.6 Å². The van der Waals surface area contributed by atoms with Gasteiger partial charge in [0.05, 0.1) is 12.7 Å². The Balaban J connectivity index is 2.35. The molecule has 0 amide bonds. The molecule has 1 saturated carbocycles. The van der Waals surface area contributed by atoms with Gasteiger partial charge in [-0.05, 0) is 25.0 Å². The van der Waals surface area contributed by atoms with Gasteiger partial charge in [0.2, 0.25) is 0 Å². The van der Waals surface area contributed by atoms with Crippen LogP contribution in [0, 0.1) is 5.82 Å². The van der Waals surface area contributed by atoms with Crippen LogP contribution in [-0.2, 0) is 6.42 Å². The van der Waals surface area contributed by atoms with Crippen LogP contribution in [0.25, 0.3) is 0 Å². The highest BCUT2D eigenvalue weighted by molar-refractivity contribution is 6.30. The van der Waals surface area contributed by atoms with Gasteiger partial charge in [0.1, 0.15) is 0 Å². The molecule has 15 heavy (non-hydrogen) atoms. The summed E-state index contributed by atoms with van der Waals surface area (Å²) in [6, 6.07) is 2.85. The fourth-order valence-electron chi connectivity index (χ4n) is 1.65. The maximum Gasteiger partial charge on any atom is 0.166 e. The van der Waals surface area contributed by atoms with E-state index < -0.39 is 11.4 Å². The van der Waals surface area contributed by atoms with Crippen molar-refractivity contribution >= 4 is 11.6 Å². The van der Waals surface area contributed by atoms with Crippen LogP contribution >= 0.6 is 11.6 Å². The van der Waals surface area contributed by atoms with Crippen LogP contribution < -0.4 is 4.74 Å². The van der Waals surface area contributed by atoms with Crippen molar-refractivity contribution in [2.45, 2.75) is 24.9 Å². The van der Waals surface area contributed by atoms with E-state index in [4.69, 9.17) is 16.3 Å². The smallest absolute Gasteiger partial charge is 0.166 e. The van der Waals surface area contributed by atoms with E-state index in [1.54, 1.807) is 6.07 Å². The van der Waals surface area contributed by atoms with Crippen LogP contribution in [0.15, 0.2) is 12.1 Å². The van der Waals surface area contributed by atoms with E-state index in [2.05, 4.69) is 0 Å². The van der Waals surface area contributed by atoms with Gasteiger partial charge < -0.3 is 9.84 Å². The number of benzene rings is 1. The molecule has 1 N–H and O–H groups in total. The molecule has 0 saturated heterocycles. The van der Waals surface area contributed by atoms with Crippen molar-refractivity contribution < 1.29 is 14.2 Å². The Morgan fingerprint density at radius 3 is 2.73 bits per heavy atom. The average molecular weight is 231 g/mol. The normalized spacial score (nSPS) is 17.6. The maximum absolute atomic E-state index is 13.4. The third kappa shape index (κ3) is 2.24. The van der Waals surface area contributed by atoms with E-state index in [0.29, 0.717) is 17.0 Å². The first kappa shape index (κ1) is 10.7. The molecule has 1 aliphatic rings. The minimum atomic E-state index is -0.676. The van der Waals surface area contributed by atoms with E-state index in [1.165, 1.54) is 13.2 Å². The van der Waals surface area contributed by atoms with Crippen LogP contribution in [-0.4, -0.2) is 17.8 Å². The summed E-state index contributed by atoms with van der Waals surface area (Å²) in [5.41, 5.74) is -0.0489. The van der Waals surface area contributed by atoms with Crippen molar-refractivity contribution in [2.24, 2.45) is 0 Å². The van der Waals surface area contributed by atoms with Gasteiger partial charge in [-0.2, -0.15) is 0 Å². The van der Waals surface area contributed by atoms with Gasteiger partial charge in [0.15, 0.2) is 11.6 Å². The third-order valence-corrected chi connectivity index (χ3v) is 2.85. The first-order valence-corrected chi connectivity index (χ1v) is 5.16. The summed E-state index contributed by atoms with van der Waals surface area (Å²) >= 11 is 5.75. The summed E-state index contributed by atoms with van der Waals surface area (Å²) in [5, 5.41) is 10.1. The van der Waals surface area contributed by atoms with E-state index in [0.717, 1.165) is 12.8 Å². The monoisotopic (exact) mass is 230 g/mol. The van der Waals surface area contributed by atoms with Gasteiger partial charge in [0, 0.05) is 17.0 Å². The molecule has 1 fully saturated rings. The number of hydrogen-bond donors (Lipinski definition) is 1. The van der Waals surface area contributed by atoms with E-state index in [9.17, 15) is 9.50 Å². The largest absolute Gasteiger partial charge is 0.493 e. The lowest BCUT2D eigenvalue weighted by atomic mass is 10.1. The van der Waals surface area contributed by atoms with Crippen LogP contribution in [0.5, 0.6) is 5.75 Å². The van der Waals surface area contributed by atoms with E-state index in [1.807, 2.05) is 0 Å². The minimum Gasteiger partial charge on any atom is -0.493 e. The Labute approximate surface area is 92.6 Å². The van der Waals surface area contributed by atoms with Gasteiger partial charge in [-0.3, -0.25) is 0 Å². The Bertz CT molecular complexity index is 388. The molecule has 0 radical (unpaired) electrons. The predicted molar refractivity (Wildman–Crippen MR) is 55.8 cm³/mol. The van der Waals surface area contributed by atoms with Gasteiger partial charge in [0.25, 0.3) is 0 Å².